The maximum atomic E-state index is 14.5. The number of rotatable bonds is 6. The molecule has 4 N–H and O–H groups in total. The molecule has 2 heterocycles. The monoisotopic (exact) mass is 550 g/mol. The third kappa shape index (κ3) is 4.50. The van der Waals surface area contributed by atoms with Crippen LogP contribution < -0.4 is 21.3 Å². The maximum absolute atomic E-state index is 14.5. The average Bonchev–Trinajstić information content (AvgIpc) is 3.36. The number of aryl methyl sites for hydroxylation is 2. The molecule has 200 valence electrons. The molecule has 0 radical (unpaired) electrons. The molecule has 0 unspecified atom stereocenters. The third-order valence-electron chi connectivity index (χ3n) is 6.42. The van der Waals surface area contributed by atoms with Gasteiger partial charge in [-0.25, -0.2) is 17.2 Å². The lowest BCUT2D eigenvalue weighted by Gasteiger charge is -2.18. The zero-order valence-corrected chi connectivity index (χ0v) is 22.0. The number of hydrogen-bond acceptors (Lipinski definition) is 6. The first-order chi connectivity index (χ1) is 18.5. The van der Waals surface area contributed by atoms with Crippen molar-refractivity contribution >= 4 is 32.1 Å². The van der Waals surface area contributed by atoms with Crippen LogP contribution in [-0.2, 0) is 16.9 Å². The van der Waals surface area contributed by atoms with Gasteiger partial charge in [-0.15, -0.1) is 0 Å². The Hall–Kier alpha value is -4.64. The Balaban J connectivity index is 1.75. The van der Waals surface area contributed by atoms with Gasteiger partial charge in [-0.2, -0.15) is 0 Å². The largest absolute Gasteiger partial charge is 0.451 e. The van der Waals surface area contributed by atoms with Gasteiger partial charge in [0, 0.05) is 42.9 Å². The molecule has 0 aliphatic rings. The molecule has 0 bridgehead atoms. The van der Waals surface area contributed by atoms with Crippen LogP contribution in [0.15, 0.2) is 81.6 Å². The number of nitrogens with one attached hydrogen (secondary N) is 2. The van der Waals surface area contributed by atoms with Crippen LogP contribution in [0.25, 0.3) is 22.0 Å². The SMILES string of the molecule is CNc1ccc(-c2cn(C)c(=O)c3[nH]c(S(=O)(=O)c4ccc(C)cc4)cc23)c(Oc2ccc(F)cc2F)c1N. The molecule has 5 aromatic rings. The molecule has 5 rings (SSSR count). The van der Waals surface area contributed by atoms with E-state index < -0.39 is 27.0 Å². The summed E-state index contributed by atoms with van der Waals surface area (Å²) in [6.07, 6.45) is 1.52. The molecular formula is C28H24F2N4O4S. The highest BCUT2D eigenvalue weighted by Crippen LogP contribution is 2.44. The van der Waals surface area contributed by atoms with Crippen molar-refractivity contribution in [2.45, 2.75) is 16.8 Å². The van der Waals surface area contributed by atoms with Crippen LogP contribution in [0.2, 0.25) is 0 Å². The number of benzene rings is 3. The number of aromatic amines is 1. The summed E-state index contributed by atoms with van der Waals surface area (Å²) < 4.78 is 62.0. The number of halogens is 2. The van der Waals surface area contributed by atoms with E-state index in [0.717, 1.165) is 17.7 Å². The van der Waals surface area contributed by atoms with E-state index in [1.807, 2.05) is 6.92 Å². The van der Waals surface area contributed by atoms with E-state index in [1.165, 1.54) is 36.0 Å². The van der Waals surface area contributed by atoms with Gasteiger partial charge < -0.3 is 25.3 Å². The van der Waals surface area contributed by atoms with Crippen LogP contribution in [0.1, 0.15) is 5.56 Å². The van der Waals surface area contributed by atoms with E-state index in [2.05, 4.69) is 10.3 Å². The lowest BCUT2D eigenvalue weighted by atomic mass is 10.0. The van der Waals surface area contributed by atoms with Crippen molar-refractivity contribution in [3.05, 3.63) is 94.4 Å². The van der Waals surface area contributed by atoms with Crippen LogP contribution in [-0.4, -0.2) is 25.0 Å². The minimum atomic E-state index is -3.99. The van der Waals surface area contributed by atoms with Crippen molar-refractivity contribution < 1.29 is 21.9 Å². The molecule has 0 aliphatic heterocycles. The molecule has 2 aromatic heterocycles. The number of sulfone groups is 1. The third-order valence-corrected chi connectivity index (χ3v) is 8.11. The van der Waals surface area contributed by atoms with Crippen molar-refractivity contribution in [1.29, 1.82) is 0 Å². The van der Waals surface area contributed by atoms with Gasteiger partial charge in [0.1, 0.15) is 16.4 Å². The van der Waals surface area contributed by atoms with E-state index in [0.29, 0.717) is 28.3 Å². The number of fused-ring (bicyclic) bond motifs is 1. The van der Waals surface area contributed by atoms with Crippen molar-refractivity contribution in [3.63, 3.8) is 0 Å². The summed E-state index contributed by atoms with van der Waals surface area (Å²) in [6, 6.07) is 13.9. The highest BCUT2D eigenvalue weighted by Gasteiger charge is 2.25. The fourth-order valence-corrected chi connectivity index (χ4v) is 5.58. The van der Waals surface area contributed by atoms with Crippen LogP contribution in [0.3, 0.4) is 0 Å². The van der Waals surface area contributed by atoms with Gasteiger partial charge in [-0.1, -0.05) is 17.7 Å². The van der Waals surface area contributed by atoms with Crippen molar-refractivity contribution in [2.24, 2.45) is 7.05 Å². The quantitative estimate of drug-likeness (QED) is 0.245. The van der Waals surface area contributed by atoms with Crippen molar-refractivity contribution in [1.82, 2.24) is 9.55 Å². The minimum absolute atomic E-state index is 0.0384. The second-order valence-electron chi connectivity index (χ2n) is 9.03. The van der Waals surface area contributed by atoms with E-state index in [1.54, 1.807) is 31.3 Å². The summed E-state index contributed by atoms with van der Waals surface area (Å²) in [6.45, 7) is 1.85. The number of H-pyrrole nitrogens is 1. The first-order valence-electron chi connectivity index (χ1n) is 11.8. The molecule has 0 amide bonds. The van der Waals surface area contributed by atoms with E-state index in [-0.39, 0.29) is 32.6 Å². The maximum Gasteiger partial charge on any atom is 0.274 e. The normalized spacial score (nSPS) is 11.6. The molecule has 0 fully saturated rings. The Morgan fingerprint density at radius 2 is 1.72 bits per heavy atom. The van der Waals surface area contributed by atoms with Gasteiger partial charge in [0.2, 0.25) is 9.84 Å². The Labute approximate surface area is 222 Å². The number of pyridine rings is 1. The van der Waals surface area contributed by atoms with E-state index in [4.69, 9.17) is 10.5 Å². The number of ether oxygens (including phenoxy) is 1. The fourth-order valence-electron chi connectivity index (χ4n) is 4.32. The highest BCUT2D eigenvalue weighted by atomic mass is 32.2. The number of hydrogen-bond donors (Lipinski definition) is 3. The predicted octanol–water partition coefficient (Wildman–Crippen LogP) is 5.37. The van der Waals surface area contributed by atoms with E-state index >= 15 is 0 Å². The first-order valence-corrected chi connectivity index (χ1v) is 13.3. The summed E-state index contributed by atoms with van der Waals surface area (Å²) in [5, 5.41) is 3.06. The Morgan fingerprint density at radius 1 is 1.00 bits per heavy atom. The van der Waals surface area contributed by atoms with Gasteiger partial charge in [-0.3, -0.25) is 4.79 Å². The number of nitrogens with two attached hydrogens (primary N) is 1. The standard InChI is InChI=1S/C28H24F2N4O4S/c1-15-4-7-17(8-5-15)39(36,37)24-13-19-20(14-34(3)28(35)26(19)33-24)18-9-10-22(32-2)25(31)27(18)38-23-11-6-16(29)12-21(23)30/h4-14,32-33H,31H2,1-3H3. The zero-order chi connectivity index (χ0) is 28.1. The van der Waals surface area contributed by atoms with Gasteiger partial charge >= 0.3 is 0 Å². The first kappa shape index (κ1) is 26.0. The molecule has 0 spiro atoms. The van der Waals surface area contributed by atoms with Crippen LogP contribution in [0.4, 0.5) is 20.2 Å². The van der Waals surface area contributed by atoms with Crippen LogP contribution in [0.5, 0.6) is 11.5 Å². The Kier molecular flexibility index (Phi) is 6.39. The zero-order valence-electron chi connectivity index (χ0n) is 21.2. The molecular weight excluding hydrogens is 526 g/mol. The molecule has 39 heavy (non-hydrogen) atoms. The van der Waals surface area contributed by atoms with Gasteiger partial charge in [0.05, 0.1) is 16.3 Å². The van der Waals surface area contributed by atoms with Crippen LogP contribution >= 0.6 is 0 Å². The Bertz CT molecular complexity index is 1910. The van der Waals surface area contributed by atoms with Crippen LogP contribution in [0, 0.1) is 18.6 Å². The minimum Gasteiger partial charge on any atom is -0.451 e. The predicted molar refractivity (Wildman–Crippen MR) is 146 cm³/mol. The van der Waals surface area contributed by atoms with Gasteiger partial charge in [0.15, 0.2) is 17.3 Å². The fraction of sp³-hybridized carbons (Fsp3) is 0.107. The number of nitrogen functional groups attached to an aromatic ring is 1. The summed E-state index contributed by atoms with van der Waals surface area (Å²) in [7, 11) is -0.823. The topological polar surface area (TPSA) is 119 Å². The van der Waals surface area contributed by atoms with Crippen molar-refractivity contribution in [3.8, 4) is 22.6 Å². The van der Waals surface area contributed by atoms with Gasteiger partial charge in [-0.05, 0) is 49.4 Å². The summed E-state index contributed by atoms with van der Waals surface area (Å²) in [4.78, 5) is 15.9. The molecule has 8 nitrogen and oxygen atoms in total. The summed E-state index contributed by atoms with van der Waals surface area (Å²) >= 11 is 0. The number of anilines is 2. The lowest BCUT2D eigenvalue weighted by molar-refractivity contribution is 0.441. The second kappa shape index (κ2) is 9.59. The molecule has 0 atom stereocenters. The smallest absolute Gasteiger partial charge is 0.274 e. The number of nitrogens with zero attached hydrogens (tertiary/aromatic N) is 1. The van der Waals surface area contributed by atoms with E-state index in [9.17, 15) is 22.0 Å². The molecule has 0 aliphatic carbocycles. The second-order valence-corrected chi connectivity index (χ2v) is 10.9. The van der Waals surface area contributed by atoms with Crippen molar-refractivity contribution in [2.75, 3.05) is 18.1 Å². The molecule has 0 saturated heterocycles. The Morgan fingerprint density at radius 3 is 2.38 bits per heavy atom. The number of aromatic nitrogens is 2. The molecule has 0 saturated carbocycles. The molecule has 11 heteroatoms. The summed E-state index contributed by atoms with van der Waals surface area (Å²) in [5.74, 6) is -1.94. The lowest BCUT2D eigenvalue weighted by Crippen LogP contribution is -2.17. The average molecular weight is 551 g/mol. The highest BCUT2D eigenvalue weighted by molar-refractivity contribution is 7.91. The molecule has 3 aromatic carbocycles. The van der Waals surface area contributed by atoms with Gasteiger partial charge in [0.25, 0.3) is 5.56 Å². The summed E-state index contributed by atoms with van der Waals surface area (Å²) in [5.41, 5.74) is 8.24.